The van der Waals surface area contributed by atoms with Crippen molar-refractivity contribution in [1.82, 2.24) is 9.78 Å². The number of aryl methyl sites for hydroxylation is 1. The lowest BCUT2D eigenvalue weighted by molar-refractivity contribution is 0.600. The van der Waals surface area contributed by atoms with Gasteiger partial charge in [-0.2, -0.15) is 5.10 Å². The number of benzene rings is 1. The van der Waals surface area contributed by atoms with Crippen LogP contribution < -0.4 is 10.5 Å². The zero-order valence-corrected chi connectivity index (χ0v) is 14.4. The molecule has 1 heterocycles. The van der Waals surface area contributed by atoms with E-state index in [9.17, 15) is 8.42 Å². The second kappa shape index (κ2) is 5.41. The summed E-state index contributed by atoms with van der Waals surface area (Å²) in [5.41, 5.74) is 6.41. The smallest absolute Gasteiger partial charge is 0.267 e. The summed E-state index contributed by atoms with van der Waals surface area (Å²) in [4.78, 5) is -0.0328. The molecule has 0 fully saturated rings. The fraction of sp³-hybridized carbons (Fsp3) is 0.182. The molecule has 0 saturated heterocycles. The summed E-state index contributed by atoms with van der Waals surface area (Å²) in [6, 6.07) is 5.02. The highest BCUT2D eigenvalue weighted by atomic mass is 127. The molecular formula is C11H12ClIN4O2S. The lowest BCUT2D eigenvalue weighted by Crippen LogP contribution is -2.15. The van der Waals surface area contributed by atoms with Crippen LogP contribution in [-0.2, 0) is 17.1 Å². The molecule has 0 atom stereocenters. The minimum atomic E-state index is -3.83. The molecule has 3 N–H and O–H groups in total. The highest BCUT2D eigenvalue weighted by molar-refractivity contribution is 14.1. The van der Waals surface area contributed by atoms with Gasteiger partial charge in [0.15, 0.2) is 10.7 Å². The number of anilines is 2. The van der Waals surface area contributed by atoms with E-state index in [1.54, 1.807) is 32.2 Å². The first kappa shape index (κ1) is 15.4. The zero-order chi connectivity index (χ0) is 15.1. The Morgan fingerprint density at radius 2 is 2.10 bits per heavy atom. The van der Waals surface area contributed by atoms with Crippen molar-refractivity contribution < 1.29 is 8.42 Å². The summed E-state index contributed by atoms with van der Waals surface area (Å²) in [5.74, 6) is -0.0425. The minimum Gasteiger partial charge on any atom is -0.381 e. The summed E-state index contributed by atoms with van der Waals surface area (Å²) < 4.78 is 29.5. The number of sulfonamides is 1. The standard InChI is InChI=1S/C11H12ClIN4O2S/c1-6-10(11(14)15-17(6)2)20(18,19)16-9-4-3-7(13)5-8(9)12/h3-5,16H,1-2H3,(H2,14,15). The molecule has 9 heteroatoms. The number of nitrogen functional groups attached to an aromatic ring is 1. The van der Waals surface area contributed by atoms with Gasteiger partial charge in [-0.05, 0) is 47.7 Å². The molecule has 6 nitrogen and oxygen atoms in total. The quantitative estimate of drug-likeness (QED) is 0.737. The number of hydrogen-bond donors (Lipinski definition) is 2. The fourth-order valence-electron chi connectivity index (χ4n) is 1.71. The molecule has 20 heavy (non-hydrogen) atoms. The van der Waals surface area contributed by atoms with E-state index in [0.717, 1.165) is 3.57 Å². The number of nitrogens with one attached hydrogen (secondary N) is 1. The third-order valence-electron chi connectivity index (χ3n) is 2.75. The van der Waals surface area contributed by atoms with E-state index in [0.29, 0.717) is 16.4 Å². The van der Waals surface area contributed by atoms with Crippen molar-refractivity contribution in [1.29, 1.82) is 0 Å². The Kier molecular flexibility index (Phi) is 4.17. The normalized spacial score (nSPS) is 11.6. The van der Waals surface area contributed by atoms with Crippen molar-refractivity contribution in [3.63, 3.8) is 0 Å². The maximum atomic E-state index is 12.4. The molecule has 2 rings (SSSR count). The summed E-state index contributed by atoms with van der Waals surface area (Å²) in [6.07, 6.45) is 0. The topological polar surface area (TPSA) is 90.0 Å². The predicted molar refractivity (Wildman–Crippen MR) is 87.3 cm³/mol. The molecular weight excluding hydrogens is 415 g/mol. The van der Waals surface area contributed by atoms with Crippen LogP contribution in [0.25, 0.3) is 0 Å². The SMILES string of the molecule is Cc1c(S(=O)(=O)Nc2ccc(I)cc2Cl)c(N)nn1C. The molecule has 2 aromatic rings. The molecule has 0 aliphatic carbocycles. The largest absolute Gasteiger partial charge is 0.381 e. The first-order valence-corrected chi connectivity index (χ1v) is 8.43. The van der Waals surface area contributed by atoms with Gasteiger partial charge in [-0.3, -0.25) is 9.40 Å². The van der Waals surface area contributed by atoms with Crippen LogP contribution in [0.5, 0.6) is 0 Å². The van der Waals surface area contributed by atoms with Crippen LogP contribution in [0.15, 0.2) is 23.1 Å². The lowest BCUT2D eigenvalue weighted by atomic mass is 10.3. The predicted octanol–water partition coefficient (Wildman–Crippen LogP) is 2.37. The van der Waals surface area contributed by atoms with Gasteiger partial charge in [-0.1, -0.05) is 11.6 Å². The summed E-state index contributed by atoms with van der Waals surface area (Å²) >= 11 is 8.11. The second-order valence-corrected chi connectivity index (χ2v) is 7.43. The van der Waals surface area contributed by atoms with E-state index in [1.807, 2.05) is 0 Å². The van der Waals surface area contributed by atoms with Crippen molar-refractivity contribution in [3.05, 3.63) is 32.5 Å². The van der Waals surface area contributed by atoms with Gasteiger partial charge in [0.2, 0.25) is 0 Å². The number of nitrogens with two attached hydrogens (primary N) is 1. The Labute approximate surface area is 135 Å². The lowest BCUT2D eigenvalue weighted by Gasteiger charge is -2.10. The second-order valence-electron chi connectivity index (χ2n) is 4.15. The Morgan fingerprint density at radius 1 is 1.45 bits per heavy atom. The number of nitrogens with zero attached hydrogens (tertiary/aromatic N) is 2. The third kappa shape index (κ3) is 2.86. The van der Waals surface area contributed by atoms with Crippen molar-refractivity contribution in [3.8, 4) is 0 Å². The first-order chi connectivity index (χ1) is 9.22. The molecule has 108 valence electrons. The van der Waals surface area contributed by atoms with Gasteiger partial charge in [0.1, 0.15) is 0 Å². The Balaban J connectivity index is 2.46. The van der Waals surface area contributed by atoms with Gasteiger partial charge in [-0.15, -0.1) is 0 Å². The highest BCUT2D eigenvalue weighted by Crippen LogP contribution is 2.28. The van der Waals surface area contributed by atoms with Crippen LogP contribution in [0.4, 0.5) is 11.5 Å². The first-order valence-electron chi connectivity index (χ1n) is 5.49. The number of aromatic nitrogens is 2. The third-order valence-corrected chi connectivity index (χ3v) is 5.26. The monoisotopic (exact) mass is 426 g/mol. The molecule has 0 radical (unpaired) electrons. The van der Waals surface area contributed by atoms with Crippen LogP contribution >= 0.6 is 34.2 Å². The molecule has 0 unspecified atom stereocenters. The molecule has 1 aromatic carbocycles. The highest BCUT2D eigenvalue weighted by Gasteiger charge is 2.25. The Bertz CT molecular complexity index is 773. The van der Waals surface area contributed by atoms with Gasteiger partial charge >= 0.3 is 0 Å². The van der Waals surface area contributed by atoms with Crippen molar-refractivity contribution in [2.24, 2.45) is 7.05 Å². The van der Waals surface area contributed by atoms with Gasteiger partial charge in [0.05, 0.1) is 16.4 Å². The molecule has 1 aromatic heterocycles. The maximum Gasteiger partial charge on any atom is 0.267 e. The summed E-state index contributed by atoms with van der Waals surface area (Å²) in [5, 5.41) is 4.22. The number of halogens is 2. The van der Waals surface area contributed by atoms with Crippen LogP contribution in [0.2, 0.25) is 5.02 Å². The van der Waals surface area contributed by atoms with Gasteiger partial charge in [0, 0.05) is 10.6 Å². The fourth-order valence-corrected chi connectivity index (χ4v) is 4.08. The van der Waals surface area contributed by atoms with Gasteiger partial charge in [-0.25, -0.2) is 8.42 Å². The van der Waals surface area contributed by atoms with Crippen LogP contribution in [0, 0.1) is 10.5 Å². The molecule has 0 saturated carbocycles. The van der Waals surface area contributed by atoms with E-state index < -0.39 is 10.0 Å². The number of rotatable bonds is 3. The van der Waals surface area contributed by atoms with Crippen LogP contribution in [0.3, 0.4) is 0 Å². The van der Waals surface area contributed by atoms with Gasteiger partial charge < -0.3 is 5.73 Å². The summed E-state index contributed by atoms with van der Waals surface area (Å²) in [7, 11) is -2.21. The van der Waals surface area contributed by atoms with Crippen LogP contribution in [0.1, 0.15) is 5.69 Å². The molecule has 0 amide bonds. The molecule has 0 spiro atoms. The van der Waals surface area contributed by atoms with Crippen molar-refractivity contribution >= 4 is 55.7 Å². The van der Waals surface area contributed by atoms with Crippen LogP contribution in [-0.4, -0.2) is 18.2 Å². The maximum absolute atomic E-state index is 12.4. The molecule has 0 aliphatic rings. The summed E-state index contributed by atoms with van der Waals surface area (Å²) in [6.45, 7) is 1.63. The Hall–Kier alpha value is -1.00. The number of hydrogen-bond acceptors (Lipinski definition) is 4. The average molecular weight is 427 g/mol. The Morgan fingerprint density at radius 3 is 2.60 bits per heavy atom. The van der Waals surface area contributed by atoms with Crippen molar-refractivity contribution in [2.75, 3.05) is 10.5 Å². The van der Waals surface area contributed by atoms with E-state index in [4.69, 9.17) is 17.3 Å². The van der Waals surface area contributed by atoms with Gasteiger partial charge in [0.25, 0.3) is 10.0 Å². The van der Waals surface area contributed by atoms with E-state index in [-0.39, 0.29) is 10.7 Å². The molecule has 0 aliphatic heterocycles. The molecule has 0 bridgehead atoms. The zero-order valence-electron chi connectivity index (χ0n) is 10.7. The average Bonchev–Trinajstić information content (AvgIpc) is 2.57. The van der Waals surface area contributed by atoms with E-state index in [1.165, 1.54) is 4.68 Å². The van der Waals surface area contributed by atoms with Crippen molar-refractivity contribution in [2.45, 2.75) is 11.8 Å². The minimum absolute atomic E-state index is 0.0328. The van der Waals surface area contributed by atoms with E-state index >= 15 is 0 Å². The van der Waals surface area contributed by atoms with E-state index in [2.05, 4.69) is 32.4 Å².